The fraction of sp³-hybridized carbons (Fsp3) is 0.600. The van der Waals surface area contributed by atoms with Crippen molar-refractivity contribution in [3.63, 3.8) is 0 Å². The summed E-state index contributed by atoms with van der Waals surface area (Å²) in [5.41, 5.74) is 1.86. The van der Waals surface area contributed by atoms with E-state index in [9.17, 15) is 13.2 Å². The fourth-order valence-electron chi connectivity index (χ4n) is 3.17. The Morgan fingerprint density at radius 2 is 1.89 bits per heavy atom. The molecule has 0 atom stereocenters. The van der Waals surface area contributed by atoms with Crippen molar-refractivity contribution in [1.29, 1.82) is 0 Å². The zero-order valence-corrected chi connectivity index (χ0v) is 17.8. The molecule has 1 aliphatic carbocycles. The summed E-state index contributed by atoms with van der Waals surface area (Å²) in [6, 6.07) is 7.03. The van der Waals surface area contributed by atoms with E-state index >= 15 is 0 Å². The van der Waals surface area contributed by atoms with Gasteiger partial charge in [0.25, 0.3) is 0 Å². The molecule has 1 aliphatic rings. The highest BCUT2D eigenvalue weighted by Gasteiger charge is 2.36. The number of nitrogens with one attached hydrogen (secondary N) is 2. The third kappa shape index (κ3) is 5.32. The summed E-state index contributed by atoms with van der Waals surface area (Å²) in [6.07, 6.45) is 3.12. The minimum Gasteiger partial charge on any atom is -0.411 e. The van der Waals surface area contributed by atoms with E-state index < -0.39 is 14.8 Å². The van der Waals surface area contributed by atoms with Crippen LogP contribution in [0, 0.1) is 5.92 Å². The van der Waals surface area contributed by atoms with Gasteiger partial charge in [0.15, 0.2) is 0 Å². The maximum Gasteiger partial charge on any atom is 0.227 e. The monoisotopic (exact) mass is 409 g/mol. The number of oxime groups is 1. The zero-order chi connectivity index (χ0) is 20.9. The number of rotatable bonds is 7. The van der Waals surface area contributed by atoms with Gasteiger partial charge >= 0.3 is 0 Å². The van der Waals surface area contributed by atoms with Crippen molar-refractivity contribution in [2.75, 3.05) is 5.32 Å². The highest BCUT2D eigenvalue weighted by molar-refractivity contribution is 7.90. The Hall–Kier alpha value is -1.93. The van der Waals surface area contributed by atoms with Crippen LogP contribution in [0.25, 0.3) is 0 Å². The van der Waals surface area contributed by atoms with E-state index in [0.717, 1.165) is 5.56 Å². The Kier molecular flexibility index (Phi) is 7.22. The van der Waals surface area contributed by atoms with Gasteiger partial charge in [0.05, 0.1) is 10.5 Å². The highest BCUT2D eigenvalue weighted by atomic mass is 32.2. The average molecular weight is 410 g/mol. The molecule has 1 aromatic carbocycles. The van der Waals surface area contributed by atoms with Crippen LogP contribution in [-0.2, 0) is 14.8 Å². The van der Waals surface area contributed by atoms with Crippen molar-refractivity contribution in [2.45, 2.75) is 70.6 Å². The maximum absolute atomic E-state index is 12.6. The molecule has 0 radical (unpaired) electrons. The lowest BCUT2D eigenvalue weighted by Crippen LogP contribution is -2.47. The van der Waals surface area contributed by atoms with Crippen LogP contribution in [0.15, 0.2) is 29.4 Å². The van der Waals surface area contributed by atoms with E-state index in [1.165, 1.54) is 0 Å². The van der Waals surface area contributed by atoms with Gasteiger partial charge in [-0.2, -0.15) is 0 Å². The largest absolute Gasteiger partial charge is 0.411 e. The normalized spacial score (nSPS) is 21.4. The zero-order valence-electron chi connectivity index (χ0n) is 17.0. The lowest BCUT2D eigenvalue weighted by atomic mass is 9.86. The highest BCUT2D eigenvalue weighted by Crippen LogP contribution is 2.28. The second-order valence-electron chi connectivity index (χ2n) is 8.04. The molecule has 1 fully saturated rings. The van der Waals surface area contributed by atoms with Gasteiger partial charge in [-0.15, -0.1) is 0 Å². The third-order valence-electron chi connectivity index (χ3n) is 5.70. The molecule has 1 amide bonds. The molecule has 0 spiro atoms. The average Bonchev–Trinajstić information content (AvgIpc) is 2.67. The number of anilines is 1. The van der Waals surface area contributed by atoms with Crippen LogP contribution in [0.1, 0.15) is 65.4 Å². The standard InChI is InChI=1S/C20H31N3O4S/c1-5-20(3,4)28(26,27)23-17-11-9-15(10-12-17)19(24)21-18-8-6-7-16(13-18)14(2)22-25/h6-8,13,15,17,23,25H,5,9-12H2,1-4H3,(H,21,24)/b22-14-. The van der Waals surface area contributed by atoms with Crippen LogP contribution in [0.5, 0.6) is 0 Å². The number of nitrogens with zero attached hydrogens (tertiary/aromatic N) is 1. The molecule has 156 valence electrons. The molecule has 0 bridgehead atoms. The van der Waals surface area contributed by atoms with E-state index in [-0.39, 0.29) is 17.9 Å². The van der Waals surface area contributed by atoms with Crippen molar-refractivity contribution < 1.29 is 18.4 Å². The van der Waals surface area contributed by atoms with E-state index in [1.807, 2.05) is 6.92 Å². The Bertz CT molecular complexity index is 826. The van der Waals surface area contributed by atoms with Crippen LogP contribution < -0.4 is 10.0 Å². The van der Waals surface area contributed by atoms with Gasteiger partial charge in [-0.05, 0) is 65.0 Å². The minimum absolute atomic E-state index is 0.0639. The predicted molar refractivity (Wildman–Crippen MR) is 111 cm³/mol. The van der Waals surface area contributed by atoms with Crippen LogP contribution >= 0.6 is 0 Å². The number of benzene rings is 1. The van der Waals surface area contributed by atoms with Crippen LogP contribution in [0.4, 0.5) is 5.69 Å². The Morgan fingerprint density at radius 3 is 2.46 bits per heavy atom. The van der Waals surface area contributed by atoms with Gasteiger partial charge in [0, 0.05) is 23.2 Å². The fourth-order valence-corrected chi connectivity index (χ4v) is 4.54. The Morgan fingerprint density at radius 1 is 1.25 bits per heavy atom. The molecular formula is C20H31N3O4S. The summed E-state index contributed by atoms with van der Waals surface area (Å²) < 4.78 is 27.0. The number of carbonyl (C=O) groups excluding carboxylic acids is 1. The first kappa shape index (κ1) is 22.4. The predicted octanol–water partition coefficient (Wildman–Crippen LogP) is 3.49. The quantitative estimate of drug-likeness (QED) is 0.364. The lowest BCUT2D eigenvalue weighted by Gasteiger charge is -2.31. The van der Waals surface area contributed by atoms with E-state index in [4.69, 9.17) is 5.21 Å². The van der Waals surface area contributed by atoms with Crippen molar-refractivity contribution in [2.24, 2.45) is 11.1 Å². The molecule has 0 unspecified atom stereocenters. The first-order valence-corrected chi connectivity index (χ1v) is 11.2. The Balaban J connectivity index is 1.92. The van der Waals surface area contributed by atoms with Gasteiger partial charge in [-0.1, -0.05) is 24.2 Å². The second-order valence-corrected chi connectivity index (χ2v) is 10.4. The molecule has 8 heteroatoms. The summed E-state index contributed by atoms with van der Waals surface area (Å²) in [5, 5.41) is 15.0. The number of hydrogen-bond donors (Lipinski definition) is 3. The Labute approximate surface area is 167 Å². The number of carbonyl (C=O) groups is 1. The lowest BCUT2D eigenvalue weighted by molar-refractivity contribution is -0.120. The molecule has 7 nitrogen and oxygen atoms in total. The molecule has 0 aromatic heterocycles. The van der Waals surface area contributed by atoms with Gasteiger partial charge < -0.3 is 10.5 Å². The molecule has 0 saturated heterocycles. The smallest absolute Gasteiger partial charge is 0.227 e. The molecule has 0 heterocycles. The van der Waals surface area contributed by atoms with E-state index in [1.54, 1.807) is 45.0 Å². The molecule has 1 saturated carbocycles. The van der Waals surface area contributed by atoms with Crippen molar-refractivity contribution in [1.82, 2.24) is 4.72 Å². The van der Waals surface area contributed by atoms with E-state index in [0.29, 0.717) is 43.5 Å². The number of amides is 1. The van der Waals surface area contributed by atoms with Crippen LogP contribution in [0.3, 0.4) is 0 Å². The van der Waals surface area contributed by atoms with Gasteiger partial charge in [-0.3, -0.25) is 4.79 Å². The van der Waals surface area contributed by atoms with Crippen LogP contribution in [-0.4, -0.2) is 36.0 Å². The summed E-state index contributed by atoms with van der Waals surface area (Å²) in [7, 11) is -3.39. The third-order valence-corrected chi connectivity index (χ3v) is 8.08. The first-order valence-electron chi connectivity index (χ1n) is 9.71. The molecule has 2 rings (SSSR count). The first-order chi connectivity index (χ1) is 13.1. The van der Waals surface area contributed by atoms with Crippen molar-refractivity contribution >= 4 is 27.3 Å². The maximum atomic E-state index is 12.6. The van der Waals surface area contributed by atoms with Gasteiger partial charge in [0.2, 0.25) is 15.9 Å². The van der Waals surface area contributed by atoms with E-state index in [2.05, 4.69) is 15.2 Å². The second kappa shape index (κ2) is 9.05. The van der Waals surface area contributed by atoms with Gasteiger partial charge in [0.1, 0.15) is 0 Å². The van der Waals surface area contributed by atoms with Crippen molar-refractivity contribution in [3.05, 3.63) is 29.8 Å². The van der Waals surface area contributed by atoms with Gasteiger partial charge in [-0.25, -0.2) is 13.1 Å². The number of hydrogen-bond acceptors (Lipinski definition) is 5. The summed E-state index contributed by atoms with van der Waals surface area (Å²) in [4.78, 5) is 12.6. The summed E-state index contributed by atoms with van der Waals surface area (Å²) in [5.74, 6) is -0.206. The SMILES string of the molecule is CCC(C)(C)S(=O)(=O)NC1CCC(C(=O)Nc2cccc(/C(C)=N\O)c2)CC1. The summed E-state index contributed by atoms with van der Waals surface area (Å²) >= 11 is 0. The number of sulfonamides is 1. The topological polar surface area (TPSA) is 108 Å². The summed E-state index contributed by atoms with van der Waals surface area (Å²) in [6.45, 7) is 7.00. The van der Waals surface area contributed by atoms with Crippen LogP contribution in [0.2, 0.25) is 0 Å². The minimum atomic E-state index is -3.39. The molecule has 28 heavy (non-hydrogen) atoms. The van der Waals surface area contributed by atoms with Crippen molar-refractivity contribution in [3.8, 4) is 0 Å². The molecule has 0 aliphatic heterocycles. The molecule has 3 N–H and O–H groups in total. The molecular weight excluding hydrogens is 378 g/mol. The molecule has 1 aromatic rings.